The molecule has 98 valence electrons. The summed E-state index contributed by atoms with van der Waals surface area (Å²) < 4.78 is 12.3. The van der Waals surface area contributed by atoms with Crippen LogP contribution in [0.3, 0.4) is 0 Å². The Morgan fingerprint density at radius 1 is 1.26 bits per heavy atom. The molecule has 2 heterocycles. The standard InChI is InChI=1S/C14H14N2O3/c1-16-8-11(5-6-13(16)17)15-7-10-3-2-4-12-14(10)19-9-18-12/h2-6,8,15H,7,9H2,1H3. The van der Waals surface area contributed by atoms with Crippen molar-refractivity contribution in [3.05, 3.63) is 52.4 Å². The van der Waals surface area contributed by atoms with E-state index in [-0.39, 0.29) is 12.4 Å². The number of hydrogen-bond donors (Lipinski definition) is 1. The number of anilines is 1. The number of aryl methyl sites for hydroxylation is 1. The number of nitrogens with one attached hydrogen (secondary N) is 1. The summed E-state index contributed by atoms with van der Waals surface area (Å²) in [7, 11) is 1.73. The lowest BCUT2D eigenvalue weighted by Crippen LogP contribution is -2.15. The molecule has 0 aliphatic carbocycles. The van der Waals surface area contributed by atoms with Crippen molar-refractivity contribution in [1.82, 2.24) is 4.57 Å². The van der Waals surface area contributed by atoms with Gasteiger partial charge in [-0.15, -0.1) is 0 Å². The van der Waals surface area contributed by atoms with E-state index in [4.69, 9.17) is 9.47 Å². The van der Waals surface area contributed by atoms with Crippen LogP contribution in [0.15, 0.2) is 41.3 Å². The summed E-state index contributed by atoms with van der Waals surface area (Å²) in [4.78, 5) is 11.3. The Balaban J connectivity index is 1.78. The highest BCUT2D eigenvalue weighted by Gasteiger charge is 2.16. The molecular formula is C14H14N2O3. The van der Waals surface area contributed by atoms with Crippen molar-refractivity contribution in [1.29, 1.82) is 0 Å². The molecule has 0 unspecified atom stereocenters. The molecule has 2 aromatic rings. The molecule has 0 fully saturated rings. The molecule has 0 bridgehead atoms. The van der Waals surface area contributed by atoms with Gasteiger partial charge in [-0.2, -0.15) is 0 Å². The van der Waals surface area contributed by atoms with Crippen LogP contribution >= 0.6 is 0 Å². The average Bonchev–Trinajstić information content (AvgIpc) is 2.89. The van der Waals surface area contributed by atoms with E-state index < -0.39 is 0 Å². The van der Waals surface area contributed by atoms with Crippen LogP contribution in [-0.2, 0) is 13.6 Å². The number of ether oxygens (including phenoxy) is 2. The van der Waals surface area contributed by atoms with Crippen LogP contribution in [0.1, 0.15) is 5.56 Å². The molecule has 5 heteroatoms. The predicted molar refractivity (Wildman–Crippen MR) is 71.6 cm³/mol. The molecule has 0 spiro atoms. The third kappa shape index (κ3) is 2.27. The van der Waals surface area contributed by atoms with Gasteiger partial charge in [0.05, 0.1) is 5.69 Å². The fourth-order valence-corrected chi connectivity index (χ4v) is 2.03. The SMILES string of the molecule is Cn1cc(NCc2cccc3c2OCO3)ccc1=O. The van der Waals surface area contributed by atoms with Crippen LogP contribution in [0.4, 0.5) is 5.69 Å². The van der Waals surface area contributed by atoms with Crippen molar-refractivity contribution in [3.8, 4) is 11.5 Å². The zero-order valence-corrected chi connectivity index (χ0v) is 10.6. The zero-order valence-electron chi connectivity index (χ0n) is 10.6. The first-order chi connectivity index (χ1) is 9.24. The van der Waals surface area contributed by atoms with E-state index in [1.54, 1.807) is 19.3 Å². The highest BCUT2D eigenvalue weighted by molar-refractivity contribution is 5.50. The highest BCUT2D eigenvalue weighted by atomic mass is 16.7. The van der Waals surface area contributed by atoms with E-state index in [1.165, 1.54) is 10.6 Å². The van der Waals surface area contributed by atoms with E-state index in [1.807, 2.05) is 18.2 Å². The number of hydrogen-bond acceptors (Lipinski definition) is 4. The van der Waals surface area contributed by atoms with E-state index in [0.717, 1.165) is 22.7 Å². The third-order valence-corrected chi connectivity index (χ3v) is 3.05. The minimum absolute atomic E-state index is 0.0251. The lowest BCUT2D eigenvalue weighted by Gasteiger charge is -2.09. The maximum absolute atomic E-state index is 11.3. The van der Waals surface area contributed by atoms with Crippen LogP contribution in [0.2, 0.25) is 0 Å². The topological polar surface area (TPSA) is 52.5 Å². The van der Waals surface area contributed by atoms with Crippen molar-refractivity contribution in [2.45, 2.75) is 6.54 Å². The van der Waals surface area contributed by atoms with Gasteiger partial charge in [0.2, 0.25) is 12.4 Å². The summed E-state index contributed by atoms with van der Waals surface area (Å²) in [5.41, 5.74) is 1.89. The molecule has 0 saturated heterocycles. The summed E-state index contributed by atoms with van der Waals surface area (Å²) in [6.07, 6.45) is 1.77. The van der Waals surface area contributed by atoms with Gasteiger partial charge in [0.25, 0.3) is 0 Å². The molecule has 1 aromatic carbocycles. The van der Waals surface area contributed by atoms with E-state index in [2.05, 4.69) is 5.32 Å². The summed E-state index contributed by atoms with van der Waals surface area (Å²) in [5, 5.41) is 3.26. The van der Waals surface area contributed by atoms with Gasteiger partial charge in [0.1, 0.15) is 0 Å². The Hall–Kier alpha value is -2.43. The molecular weight excluding hydrogens is 244 g/mol. The van der Waals surface area contributed by atoms with Gasteiger partial charge in [-0.1, -0.05) is 12.1 Å². The second kappa shape index (κ2) is 4.68. The Morgan fingerprint density at radius 3 is 3.00 bits per heavy atom. The molecule has 19 heavy (non-hydrogen) atoms. The first kappa shape index (κ1) is 11.6. The molecule has 0 saturated carbocycles. The number of aromatic nitrogens is 1. The van der Waals surface area contributed by atoms with Gasteiger partial charge < -0.3 is 19.4 Å². The normalized spacial score (nSPS) is 12.5. The van der Waals surface area contributed by atoms with Crippen LogP contribution in [0.25, 0.3) is 0 Å². The molecule has 0 amide bonds. The molecule has 1 aliphatic heterocycles. The minimum Gasteiger partial charge on any atom is -0.454 e. The maximum atomic E-state index is 11.3. The number of fused-ring (bicyclic) bond motifs is 1. The summed E-state index contributed by atoms with van der Waals surface area (Å²) >= 11 is 0. The average molecular weight is 258 g/mol. The fraction of sp³-hybridized carbons (Fsp3) is 0.214. The predicted octanol–water partition coefficient (Wildman–Crippen LogP) is 1.73. The van der Waals surface area contributed by atoms with Crippen molar-refractivity contribution in [2.75, 3.05) is 12.1 Å². The second-order valence-electron chi connectivity index (χ2n) is 4.37. The monoisotopic (exact) mass is 258 g/mol. The number of nitrogens with zero attached hydrogens (tertiary/aromatic N) is 1. The summed E-state index contributed by atoms with van der Waals surface area (Å²) in [5.74, 6) is 1.57. The van der Waals surface area contributed by atoms with Crippen molar-refractivity contribution in [3.63, 3.8) is 0 Å². The van der Waals surface area contributed by atoms with Gasteiger partial charge in [-0.25, -0.2) is 0 Å². The van der Waals surface area contributed by atoms with E-state index >= 15 is 0 Å². The largest absolute Gasteiger partial charge is 0.454 e. The summed E-state index contributed by atoms with van der Waals surface area (Å²) in [6.45, 7) is 0.886. The molecule has 1 N–H and O–H groups in total. The second-order valence-corrected chi connectivity index (χ2v) is 4.37. The highest BCUT2D eigenvalue weighted by Crippen LogP contribution is 2.35. The molecule has 1 aliphatic rings. The first-order valence-corrected chi connectivity index (χ1v) is 6.02. The van der Waals surface area contributed by atoms with Crippen molar-refractivity contribution < 1.29 is 9.47 Å². The quantitative estimate of drug-likeness (QED) is 0.911. The van der Waals surface area contributed by atoms with Crippen LogP contribution in [0.5, 0.6) is 11.5 Å². The molecule has 1 aromatic heterocycles. The third-order valence-electron chi connectivity index (χ3n) is 3.05. The number of rotatable bonds is 3. The van der Waals surface area contributed by atoms with Gasteiger partial charge >= 0.3 is 0 Å². The molecule has 5 nitrogen and oxygen atoms in total. The summed E-state index contributed by atoms with van der Waals surface area (Å²) in [6, 6.07) is 9.12. The number of para-hydroxylation sites is 1. The van der Waals surface area contributed by atoms with Crippen molar-refractivity contribution in [2.24, 2.45) is 7.05 Å². The van der Waals surface area contributed by atoms with Crippen LogP contribution in [-0.4, -0.2) is 11.4 Å². The number of benzene rings is 1. The minimum atomic E-state index is -0.0251. The van der Waals surface area contributed by atoms with Gasteiger partial charge in [-0.05, 0) is 12.1 Å². The zero-order chi connectivity index (χ0) is 13.2. The molecule has 0 atom stereocenters. The maximum Gasteiger partial charge on any atom is 0.250 e. The van der Waals surface area contributed by atoms with Gasteiger partial charge in [0, 0.05) is 31.4 Å². The number of pyridine rings is 1. The Kier molecular flexibility index (Phi) is 2.87. The molecule has 3 rings (SSSR count). The molecule has 0 radical (unpaired) electrons. The van der Waals surface area contributed by atoms with Crippen LogP contribution < -0.4 is 20.3 Å². The lowest BCUT2D eigenvalue weighted by molar-refractivity contribution is 0.173. The Morgan fingerprint density at radius 2 is 2.16 bits per heavy atom. The van der Waals surface area contributed by atoms with E-state index in [9.17, 15) is 4.79 Å². The Labute approximate surface area is 110 Å². The van der Waals surface area contributed by atoms with Crippen LogP contribution in [0, 0.1) is 0 Å². The van der Waals surface area contributed by atoms with E-state index in [0.29, 0.717) is 6.54 Å². The van der Waals surface area contributed by atoms with Crippen molar-refractivity contribution >= 4 is 5.69 Å². The lowest BCUT2D eigenvalue weighted by atomic mass is 10.2. The van der Waals surface area contributed by atoms with Gasteiger partial charge in [0.15, 0.2) is 11.5 Å². The fourth-order valence-electron chi connectivity index (χ4n) is 2.03. The first-order valence-electron chi connectivity index (χ1n) is 6.02. The smallest absolute Gasteiger partial charge is 0.250 e. The van der Waals surface area contributed by atoms with Gasteiger partial charge in [-0.3, -0.25) is 4.79 Å². The Bertz CT molecular complexity index is 664.